The third kappa shape index (κ3) is 7.84. The Balaban J connectivity index is 0. The van der Waals surface area contributed by atoms with E-state index in [4.69, 9.17) is 10.5 Å². The van der Waals surface area contributed by atoms with Gasteiger partial charge in [0.25, 0.3) is 0 Å². The van der Waals surface area contributed by atoms with Crippen molar-refractivity contribution in [2.45, 2.75) is 18.9 Å². The number of rotatable bonds is 8. The number of nitrogens with one attached hydrogen (secondary N) is 1. The molecule has 0 radical (unpaired) electrons. The molecule has 0 heterocycles. The number of hydrogen-bond acceptors (Lipinski definition) is 4. The van der Waals surface area contributed by atoms with E-state index in [1.54, 1.807) is 7.11 Å². The van der Waals surface area contributed by atoms with E-state index >= 15 is 0 Å². The van der Waals surface area contributed by atoms with E-state index in [1.807, 2.05) is 38.4 Å². The van der Waals surface area contributed by atoms with Crippen molar-refractivity contribution in [3.8, 4) is 5.75 Å². The van der Waals surface area contributed by atoms with Crippen LogP contribution in [-0.4, -0.2) is 45.1 Å². The van der Waals surface area contributed by atoms with Crippen molar-refractivity contribution in [3.05, 3.63) is 29.8 Å². The fourth-order valence-electron chi connectivity index (χ4n) is 2.01. The molecule has 22 heavy (non-hydrogen) atoms. The van der Waals surface area contributed by atoms with Crippen LogP contribution in [0.3, 0.4) is 0 Å². The van der Waals surface area contributed by atoms with Crippen molar-refractivity contribution in [3.63, 3.8) is 0 Å². The van der Waals surface area contributed by atoms with Gasteiger partial charge in [0.15, 0.2) is 0 Å². The molecule has 0 aliphatic carbocycles. The minimum Gasteiger partial charge on any atom is -0.497 e. The largest absolute Gasteiger partial charge is 0.497 e. The highest BCUT2D eigenvalue weighted by atomic mass is 35.5. The number of amides is 1. The Kier molecular flexibility index (Phi) is 13.2. The molecule has 0 spiro atoms. The lowest BCUT2D eigenvalue weighted by Crippen LogP contribution is -2.34. The standard InChI is InChI=1S/C15H25N3O2.2ClH/c1-18(2)14(11-17-15(19)8-5-9-16)12-6-4-7-13(10-12)20-3;;/h4,6-7,10,14H,5,8-9,11,16H2,1-3H3,(H,17,19);2*1H. The maximum absolute atomic E-state index is 11.7. The number of halogens is 2. The SMILES string of the molecule is COc1cccc(C(CNC(=O)CCCN)N(C)C)c1.Cl.Cl. The van der Waals surface area contributed by atoms with Crippen LogP contribution in [0.1, 0.15) is 24.4 Å². The number of carbonyl (C=O) groups excluding carboxylic acids is 1. The van der Waals surface area contributed by atoms with Gasteiger partial charge in [-0.2, -0.15) is 0 Å². The van der Waals surface area contributed by atoms with E-state index < -0.39 is 0 Å². The number of nitrogens with zero attached hydrogens (tertiary/aromatic N) is 1. The highest BCUT2D eigenvalue weighted by Crippen LogP contribution is 2.22. The van der Waals surface area contributed by atoms with Crippen LogP contribution in [-0.2, 0) is 4.79 Å². The van der Waals surface area contributed by atoms with Crippen LogP contribution >= 0.6 is 24.8 Å². The number of ether oxygens (including phenoxy) is 1. The molecule has 1 unspecified atom stereocenters. The number of hydrogen-bond donors (Lipinski definition) is 2. The summed E-state index contributed by atoms with van der Waals surface area (Å²) in [5.41, 5.74) is 6.52. The normalized spacial score (nSPS) is 11.1. The zero-order valence-electron chi connectivity index (χ0n) is 13.4. The second-order valence-electron chi connectivity index (χ2n) is 4.95. The Labute approximate surface area is 145 Å². The highest BCUT2D eigenvalue weighted by molar-refractivity contribution is 5.85. The molecule has 1 amide bonds. The molecule has 5 nitrogen and oxygen atoms in total. The molecule has 1 aromatic carbocycles. The minimum absolute atomic E-state index is 0. The van der Waals surface area contributed by atoms with E-state index in [-0.39, 0.29) is 36.8 Å². The lowest BCUT2D eigenvalue weighted by atomic mass is 10.1. The summed E-state index contributed by atoms with van der Waals surface area (Å²) in [5.74, 6) is 0.869. The van der Waals surface area contributed by atoms with Gasteiger partial charge in [-0.3, -0.25) is 4.79 Å². The van der Waals surface area contributed by atoms with Crippen LogP contribution in [0.4, 0.5) is 0 Å². The quantitative estimate of drug-likeness (QED) is 0.751. The van der Waals surface area contributed by atoms with Gasteiger partial charge in [-0.25, -0.2) is 0 Å². The number of carbonyl (C=O) groups is 1. The van der Waals surface area contributed by atoms with Gasteiger partial charge in [0.2, 0.25) is 5.91 Å². The van der Waals surface area contributed by atoms with E-state index in [1.165, 1.54) is 0 Å². The first-order valence-corrected chi connectivity index (χ1v) is 6.85. The first kappa shape index (κ1) is 23.3. The number of likely N-dealkylation sites (N-methyl/N-ethyl adjacent to an activating group) is 1. The second-order valence-corrected chi connectivity index (χ2v) is 4.95. The highest BCUT2D eigenvalue weighted by Gasteiger charge is 2.15. The molecule has 7 heteroatoms. The molecule has 0 aliphatic rings. The van der Waals surface area contributed by atoms with Gasteiger partial charge in [0.05, 0.1) is 13.2 Å². The summed E-state index contributed by atoms with van der Waals surface area (Å²) in [5, 5.41) is 2.96. The summed E-state index contributed by atoms with van der Waals surface area (Å²) < 4.78 is 5.24. The lowest BCUT2D eigenvalue weighted by Gasteiger charge is -2.25. The summed E-state index contributed by atoms with van der Waals surface area (Å²) in [7, 11) is 5.64. The first-order chi connectivity index (χ1) is 9.58. The fourth-order valence-corrected chi connectivity index (χ4v) is 2.01. The average molecular weight is 352 g/mol. The number of methoxy groups -OCH3 is 1. The van der Waals surface area contributed by atoms with Crippen molar-refractivity contribution in [2.24, 2.45) is 5.73 Å². The van der Waals surface area contributed by atoms with Crippen LogP contribution in [0, 0.1) is 0 Å². The molecule has 1 atom stereocenters. The molecule has 0 saturated heterocycles. The first-order valence-electron chi connectivity index (χ1n) is 6.85. The van der Waals surface area contributed by atoms with Crippen molar-refractivity contribution < 1.29 is 9.53 Å². The molecular formula is C15H27Cl2N3O2. The second kappa shape index (κ2) is 12.5. The summed E-state index contributed by atoms with van der Waals surface area (Å²) >= 11 is 0. The molecule has 3 N–H and O–H groups in total. The van der Waals surface area contributed by atoms with E-state index in [2.05, 4.69) is 10.2 Å². The molecule has 0 fully saturated rings. The summed E-state index contributed by atoms with van der Waals surface area (Å²) in [6.45, 7) is 1.12. The fraction of sp³-hybridized carbons (Fsp3) is 0.533. The summed E-state index contributed by atoms with van der Waals surface area (Å²) in [6, 6.07) is 8.03. The van der Waals surface area contributed by atoms with Crippen molar-refractivity contribution >= 4 is 30.7 Å². The van der Waals surface area contributed by atoms with Gasteiger partial charge in [0.1, 0.15) is 5.75 Å². The van der Waals surface area contributed by atoms with Crippen molar-refractivity contribution in [1.29, 1.82) is 0 Å². The van der Waals surface area contributed by atoms with E-state index in [9.17, 15) is 4.79 Å². The summed E-state index contributed by atoms with van der Waals surface area (Å²) in [6.07, 6.45) is 1.20. The van der Waals surface area contributed by atoms with Gasteiger partial charge < -0.3 is 20.7 Å². The molecule has 128 valence electrons. The molecular weight excluding hydrogens is 325 g/mol. The Morgan fingerprint density at radius 2 is 2.05 bits per heavy atom. The Morgan fingerprint density at radius 3 is 2.59 bits per heavy atom. The van der Waals surface area contributed by atoms with Crippen molar-refractivity contribution in [2.75, 3.05) is 34.3 Å². The van der Waals surface area contributed by atoms with E-state index in [0.717, 1.165) is 17.7 Å². The predicted molar refractivity (Wildman–Crippen MR) is 95.2 cm³/mol. The lowest BCUT2D eigenvalue weighted by molar-refractivity contribution is -0.121. The maximum atomic E-state index is 11.7. The molecule has 1 rings (SSSR count). The van der Waals surface area contributed by atoms with Crippen LogP contribution in [0.5, 0.6) is 5.75 Å². The minimum atomic E-state index is 0. The van der Waals surface area contributed by atoms with Gasteiger partial charge in [-0.05, 0) is 44.8 Å². The smallest absolute Gasteiger partial charge is 0.220 e. The van der Waals surface area contributed by atoms with Gasteiger partial charge >= 0.3 is 0 Å². The molecule has 0 aliphatic heterocycles. The van der Waals surface area contributed by atoms with Gasteiger partial charge in [-0.1, -0.05) is 12.1 Å². The van der Waals surface area contributed by atoms with Gasteiger partial charge in [0, 0.05) is 13.0 Å². The summed E-state index contributed by atoms with van der Waals surface area (Å²) in [4.78, 5) is 13.8. The maximum Gasteiger partial charge on any atom is 0.220 e. The third-order valence-corrected chi connectivity index (χ3v) is 3.20. The molecule has 0 saturated carbocycles. The Morgan fingerprint density at radius 1 is 1.36 bits per heavy atom. The Bertz CT molecular complexity index is 431. The Hall–Kier alpha value is -1.01. The van der Waals surface area contributed by atoms with Crippen molar-refractivity contribution in [1.82, 2.24) is 10.2 Å². The van der Waals surface area contributed by atoms with Crippen LogP contribution < -0.4 is 15.8 Å². The topological polar surface area (TPSA) is 67.6 Å². The number of benzene rings is 1. The van der Waals surface area contributed by atoms with Crippen LogP contribution in [0.25, 0.3) is 0 Å². The third-order valence-electron chi connectivity index (χ3n) is 3.20. The monoisotopic (exact) mass is 351 g/mol. The van der Waals surface area contributed by atoms with E-state index in [0.29, 0.717) is 19.5 Å². The van der Waals surface area contributed by atoms with Crippen LogP contribution in [0.2, 0.25) is 0 Å². The average Bonchev–Trinajstić information content (AvgIpc) is 2.45. The molecule has 0 bridgehead atoms. The van der Waals surface area contributed by atoms with Gasteiger partial charge in [-0.15, -0.1) is 24.8 Å². The predicted octanol–water partition coefficient (Wildman–Crippen LogP) is 2.00. The molecule has 1 aromatic rings. The zero-order chi connectivity index (χ0) is 15.0. The zero-order valence-corrected chi connectivity index (χ0v) is 15.0. The van der Waals surface area contributed by atoms with Crippen LogP contribution in [0.15, 0.2) is 24.3 Å². The number of nitrogens with two attached hydrogens (primary N) is 1. The molecule has 0 aromatic heterocycles.